The van der Waals surface area contributed by atoms with E-state index in [1.807, 2.05) is 22.6 Å². The first-order valence-electron chi connectivity index (χ1n) is 9.44. The van der Waals surface area contributed by atoms with Gasteiger partial charge in [0.15, 0.2) is 0 Å². The molecule has 0 spiro atoms. The Balaban J connectivity index is 1.97. The minimum atomic E-state index is -5.84. The lowest BCUT2D eigenvalue weighted by atomic mass is 10.2. The number of nitrogens with one attached hydrogen (secondary N) is 2. The van der Waals surface area contributed by atoms with Gasteiger partial charge in [-0.1, -0.05) is 24.3 Å². The Morgan fingerprint density at radius 1 is 1.00 bits per heavy atom. The predicted octanol–water partition coefficient (Wildman–Crippen LogP) is 5.45. The molecule has 0 saturated carbocycles. The zero-order chi connectivity index (χ0) is 26.5. The van der Waals surface area contributed by atoms with Gasteiger partial charge < -0.3 is 10.1 Å². The molecule has 0 saturated heterocycles. The highest BCUT2D eigenvalue weighted by Gasteiger charge is 2.59. The van der Waals surface area contributed by atoms with Crippen LogP contribution < -0.4 is 15.5 Å². The summed E-state index contributed by atoms with van der Waals surface area (Å²) in [5.41, 5.74) is 2.20. The second-order valence-electron chi connectivity index (χ2n) is 6.67. The summed E-state index contributed by atoms with van der Waals surface area (Å²) in [4.78, 5) is 21.0. The summed E-state index contributed by atoms with van der Waals surface area (Å²) in [6, 6.07) is 10.6. The van der Waals surface area contributed by atoms with Crippen molar-refractivity contribution in [1.29, 1.82) is 0 Å². The van der Waals surface area contributed by atoms with Gasteiger partial charge >= 0.3 is 18.4 Å². The van der Waals surface area contributed by atoms with Gasteiger partial charge in [-0.15, -0.1) is 0 Å². The molecule has 0 aliphatic carbocycles. The van der Waals surface area contributed by atoms with Crippen LogP contribution in [0.3, 0.4) is 0 Å². The van der Waals surface area contributed by atoms with E-state index in [4.69, 9.17) is 0 Å². The quantitative estimate of drug-likeness (QED) is 0.111. The van der Waals surface area contributed by atoms with Crippen molar-refractivity contribution in [3.63, 3.8) is 0 Å². The molecular formula is C19H12F6IN7O3. The first-order chi connectivity index (χ1) is 16.8. The third kappa shape index (κ3) is 7.36. The molecule has 190 valence electrons. The molecule has 0 atom stereocenters. The summed E-state index contributed by atoms with van der Waals surface area (Å²) < 4.78 is 82.7. The second-order valence-corrected chi connectivity index (χ2v) is 7.92. The highest BCUT2D eigenvalue weighted by atomic mass is 127. The van der Waals surface area contributed by atoms with Gasteiger partial charge in [0.25, 0.3) is 17.7 Å². The van der Waals surface area contributed by atoms with Gasteiger partial charge in [0, 0.05) is 9.64 Å². The number of rotatable bonds is 8. The lowest BCUT2D eigenvalue weighted by molar-refractivity contribution is -0.383. The molecule has 1 heterocycles. The number of para-hydroxylation sites is 2. The molecule has 0 bridgehead atoms. The summed E-state index contributed by atoms with van der Waals surface area (Å²) in [6.45, 7) is 0. The third-order valence-electron chi connectivity index (χ3n) is 4.01. The van der Waals surface area contributed by atoms with E-state index in [0.717, 1.165) is 9.64 Å². The van der Waals surface area contributed by atoms with Gasteiger partial charge in [-0.25, -0.2) is 5.43 Å². The van der Waals surface area contributed by atoms with Gasteiger partial charge in [0.1, 0.15) is 5.69 Å². The van der Waals surface area contributed by atoms with Crippen molar-refractivity contribution in [3.8, 4) is 6.01 Å². The van der Waals surface area contributed by atoms with Crippen LogP contribution in [-0.2, 0) is 0 Å². The molecule has 0 fully saturated rings. The maximum atomic E-state index is 13.0. The van der Waals surface area contributed by atoms with E-state index in [9.17, 15) is 36.5 Å². The Morgan fingerprint density at radius 2 is 1.67 bits per heavy atom. The molecule has 0 aliphatic heterocycles. The zero-order valence-electron chi connectivity index (χ0n) is 17.4. The summed E-state index contributed by atoms with van der Waals surface area (Å²) in [5.74, 6) is -1.25. The van der Waals surface area contributed by atoms with Gasteiger partial charge in [-0.3, -0.25) is 10.1 Å². The monoisotopic (exact) mass is 627 g/mol. The summed E-state index contributed by atoms with van der Waals surface area (Å²) in [5, 5.41) is 17.4. The summed E-state index contributed by atoms with van der Waals surface area (Å²) in [7, 11) is 0. The van der Waals surface area contributed by atoms with E-state index in [2.05, 4.69) is 35.5 Å². The van der Waals surface area contributed by atoms with Crippen molar-refractivity contribution in [2.24, 2.45) is 5.10 Å². The van der Waals surface area contributed by atoms with Crippen LogP contribution in [0.15, 0.2) is 53.6 Å². The SMILES string of the molecule is O=[N+]([O-])c1ccccc1Nc1nc(N/N=C\c2cccc(I)c2)nc(OC(C(F)(F)F)C(F)(F)F)n1. The predicted molar refractivity (Wildman–Crippen MR) is 123 cm³/mol. The minimum absolute atomic E-state index is 0.198. The van der Waals surface area contributed by atoms with E-state index in [-0.39, 0.29) is 5.69 Å². The molecule has 0 amide bonds. The van der Waals surface area contributed by atoms with Gasteiger partial charge in [0.05, 0.1) is 11.1 Å². The largest absolute Gasteiger partial charge is 0.440 e. The molecule has 10 nitrogen and oxygen atoms in total. The maximum absolute atomic E-state index is 13.0. The molecule has 3 aromatic rings. The highest BCUT2D eigenvalue weighted by Crippen LogP contribution is 2.36. The number of alkyl halides is 6. The summed E-state index contributed by atoms with van der Waals surface area (Å²) >= 11 is 2.05. The fourth-order valence-corrected chi connectivity index (χ4v) is 3.12. The molecule has 17 heteroatoms. The highest BCUT2D eigenvalue weighted by molar-refractivity contribution is 14.1. The molecule has 2 aromatic carbocycles. The lowest BCUT2D eigenvalue weighted by Crippen LogP contribution is -2.46. The van der Waals surface area contributed by atoms with Crippen molar-refractivity contribution < 1.29 is 36.0 Å². The standard InChI is InChI=1S/C19H12F6IN7O3/c20-18(21,22)14(19(23,24)25)36-17-30-15(28-12-6-1-2-7-13(12)33(34)35)29-16(31-17)32-27-9-10-4-3-5-11(26)8-10/h1-9,14H,(H2,28,29,30,31,32)/b27-9-. The molecule has 1 aromatic heterocycles. The number of hydrazone groups is 1. The van der Waals surface area contributed by atoms with Crippen LogP contribution in [0.4, 0.5) is 49.6 Å². The van der Waals surface area contributed by atoms with Crippen LogP contribution in [-0.4, -0.2) is 44.5 Å². The number of halogens is 7. The van der Waals surface area contributed by atoms with Crippen molar-refractivity contribution >= 4 is 52.1 Å². The van der Waals surface area contributed by atoms with Crippen LogP contribution in [0.5, 0.6) is 6.01 Å². The van der Waals surface area contributed by atoms with Crippen LogP contribution in [0.1, 0.15) is 5.56 Å². The Bertz CT molecular complexity index is 1260. The molecule has 2 N–H and O–H groups in total. The average molecular weight is 627 g/mol. The number of nitro benzene ring substituents is 1. The lowest BCUT2D eigenvalue weighted by Gasteiger charge is -2.22. The second kappa shape index (κ2) is 10.9. The van der Waals surface area contributed by atoms with Crippen molar-refractivity contribution in [2.45, 2.75) is 18.5 Å². The van der Waals surface area contributed by atoms with Crippen molar-refractivity contribution in [2.75, 3.05) is 10.7 Å². The molecule has 0 unspecified atom stereocenters. The number of nitrogens with zero attached hydrogens (tertiary/aromatic N) is 5. The topological polar surface area (TPSA) is 127 Å². The minimum Gasteiger partial charge on any atom is -0.440 e. The van der Waals surface area contributed by atoms with E-state index < -0.39 is 47.0 Å². The van der Waals surface area contributed by atoms with E-state index in [0.29, 0.717) is 5.56 Å². The van der Waals surface area contributed by atoms with Gasteiger partial charge in [-0.05, 0) is 46.4 Å². The third-order valence-corrected chi connectivity index (χ3v) is 4.68. The fourth-order valence-electron chi connectivity index (χ4n) is 2.55. The number of aromatic nitrogens is 3. The first kappa shape index (κ1) is 26.8. The number of nitro groups is 1. The summed E-state index contributed by atoms with van der Waals surface area (Å²) in [6.07, 6.45) is -14.6. The van der Waals surface area contributed by atoms with Gasteiger partial charge in [0.2, 0.25) is 5.95 Å². The van der Waals surface area contributed by atoms with Crippen LogP contribution in [0.25, 0.3) is 0 Å². The Morgan fingerprint density at radius 3 is 2.31 bits per heavy atom. The number of benzene rings is 2. The number of anilines is 3. The van der Waals surface area contributed by atoms with Crippen LogP contribution in [0.2, 0.25) is 0 Å². The van der Waals surface area contributed by atoms with Crippen molar-refractivity contribution in [1.82, 2.24) is 15.0 Å². The fraction of sp³-hybridized carbons (Fsp3) is 0.158. The maximum Gasteiger partial charge on any atom is 0.434 e. The Hall–Kier alpha value is -3.77. The Labute approximate surface area is 211 Å². The number of hydrogen-bond acceptors (Lipinski definition) is 9. The Kier molecular flexibility index (Phi) is 8.10. The molecular weight excluding hydrogens is 615 g/mol. The number of hydrogen-bond donors (Lipinski definition) is 2. The molecule has 36 heavy (non-hydrogen) atoms. The smallest absolute Gasteiger partial charge is 0.434 e. The molecule has 3 rings (SSSR count). The normalized spacial score (nSPS) is 12.1. The van der Waals surface area contributed by atoms with Crippen LogP contribution in [0, 0.1) is 13.7 Å². The van der Waals surface area contributed by atoms with E-state index in [1.165, 1.54) is 24.4 Å². The zero-order valence-corrected chi connectivity index (χ0v) is 19.5. The first-order valence-corrected chi connectivity index (χ1v) is 10.5. The molecule has 0 radical (unpaired) electrons. The van der Waals surface area contributed by atoms with Crippen LogP contribution >= 0.6 is 22.6 Å². The average Bonchev–Trinajstić information content (AvgIpc) is 2.76. The van der Waals surface area contributed by atoms with E-state index in [1.54, 1.807) is 24.3 Å². The van der Waals surface area contributed by atoms with E-state index >= 15 is 0 Å². The molecule has 0 aliphatic rings. The number of ether oxygens (including phenoxy) is 1. The van der Waals surface area contributed by atoms with Gasteiger partial charge in [-0.2, -0.15) is 46.4 Å². The van der Waals surface area contributed by atoms with Crippen molar-refractivity contribution in [3.05, 3.63) is 67.8 Å².